The van der Waals surface area contributed by atoms with Crippen LogP contribution in [0, 0.1) is 24.0 Å². The summed E-state index contributed by atoms with van der Waals surface area (Å²) in [6.45, 7) is 5.34. The zero-order valence-electron chi connectivity index (χ0n) is 16.4. The second-order valence-corrected chi connectivity index (χ2v) is 8.12. The smallest absolute Gasteiger partial charge is 0.269 e. The van der Waals surface area contributed by atoms with E-state index >= 15 is 0 Å². The quantitative estimate of drug-likeness (QED) is 0.510. The predicted molar refractivity (Wildman–Crippen MR) is 112 cm³/mol. The Labute approximate surface area is 167 Å². The third-order valence-electron chi connectivity index (χ3n) is 4.45. The van der Waals surface area contributed by atoms with Crippen LogP contribution < -0.4 is 9.80 Å². The monoisotopic (exact) mass is 399 g/mol. The van der Waals surface area contributed by atoms with Gasteiger partial charge in [0.05, 0.1) is 42.3 Å². The average molecular weight is 399 g/mol. The Bertz CT molecular complexity index is 1030. The fourth-order valence-corrected chi connectivity index (χ4v) is 4.02. The minimum absolute atomic E-state index is 0.0353. The molecule has 0 fully saturated rings. The van der Waals surface area contributed by atoms with Gasteiger partial charge in [0.1, 0.15) is 0 Å². The molecular weight excluding hydrogens is 376 g/mol. The number of nitrogens with one attached hydrogen (secondary N) is 1. The van der Waals surface area contributed by atoms with Crippen LogP contribution in [-0.4, -0.2) is 43.0 Å². The molecule has 8 heteroatoms. The number of fused-ring (bicyclic) bond motifs is 1. The van der Waals surface area contributed by atoms with Crippen molar-refractivity contribution in [3.05, 3.63) is 63.2 Å². The van der Waals surface area contributed by atoms with Crippen LogP contribution in [0.25, 0.3) is 10.2 Å². The molecule has 0 unspecified atom stereocenters. The topological polar surface area (TPSA) is 80.8 Å². The number of quaternary nitrogens is 1. The number of nitro benzene ring substituents is 1. The van der Waals surface area contributed by atoms with E-state index < -0.39 is 4.92 Å². The summed E-state index contributed by atoms with van der Waals surface area (Å²) in [4.78, 5) is 31.2. The first-order chi connectivity index (χ1) is 13.3. The molecule has 1 heterocycles. The minimum atomic E-state index is -0.472. The summed E-state index contributed by atoms with van der Waals surface area (Å²) in [7, 11) is 4.06. The van der Waals surface area contributed by atoms with E-state index in [1.165, 1.54) is 40.5 Å². The normalized spacial score (nSPS) is 11.2. The lowest BCUT2D eigenvalue weighted by atomic mass is 10.1. The molecule has 0 aliphatic rings. The van der Waals surface area contributed by atoms with Crippen LogP contribution in [0.4, 0.5) is 10.8 Å². The van der Waals surface area contributed by atoms with E-state index in [1.807, 2.05) is 34.0 Å². The van der Waals surface area contributed by atoms with E-state index in [1.54, 1.807) is 4.90 Å². The number of likely N-dealkylation sites (N-methyl/N-ethyl adjacent to an activating group) is 1. The highest BCUT2D eigenvalue weighted by Crippen LogP contribution is 2.32. The van der Waals surface area contributed by atoms with Gasteiger partial charge in [0, 0.05) is 17.7 Å². The fraction of sp³-hybridized carbons (Fsp3) is 0.300. The third kappa shape index (κ3) is 4.18. The highest BCUT2D eigenvalue weighted by molar-refractivity contribution is 7.22. The van der Waals surface area contributed by atoms with Crippen molar-refractivity contribution in [3.63, 3.8) is 0 Å². The number of thiazole rings is 1. The van der Waals surface area contributed by atoms with Crippen LogP contribution in [0.5, 0.6) is 0 Å². The first-order valence-electron chi connectivity index (χ1n) is 8.99. The molecule has 146 valence electrons. The second-order valence-electron chi connectivity index (χ2n) is 7.14. The number of nitro groups is 1. The third-order valence-corrected chi connectivity index (χ3v) is 5.67. The van der Waals surface area contributed by atoms with Crippen molar-refractivity contribution in [3.8, 4) is 0 Å². The molecule has 7 nitrogen and oxygen atoms in total. The van der Waals surface area contributed by atoms with Gasteiger partial charge >= 0.3 is 0 Å². The number of non-ortho nitro benzene ring substituents is 1. The van der Waals surface area contributed by atoms with Gasteiger partial charge in [-0.25, -0.2) is 4.98 Å². The van der Waals surface area contributed by atoms with Gasteiger partial charge in [-0.15, -0.1) is 0 Å². The van der Waals surface area contributed by atoms with Gasteiger partial charge in [-0.05, 0) is 43.2 Å². The maximum absolute atomic E-state index is 13.2. The van der Waals surface area contributed by atoms with Gasteiger partial charge < -0.3 is 4.90 Å². The molecule has 0 saturated carbocycles. The Kier molecular flexibility index (Phi) is 5.71. The molecule has 0 radical (unpaired) electrons. The molecule has 1 aromatic heterocycles. The summed E-state index contributed by atoms with van der Waals surface area (Å²) in [6, 6.07) is 9.84. The standard InChI is InChI=1S/C20H22N4O3S/c1-13-11-14(2)18-17(12-13)21-20(28-18)23(10-9-22(3)4)19(25)15-5-7-16(8-6-15)24(26)27/h5-8,11-12H,9-10H2,1-4H3/p+1. The summed E-state index contributed by atoms with van der Waals surface area (Å²) >= 11 is 1.50. The van der Waals surface area contributed by atoms with Crippen LogP contribution >= 0.6 is 11.3 Å². The maximum atomic E-state index is 13.2. The Morgan fingerprint density at radius 2 is 1.89 bits per heavy atom. The molecule has 3 aromatic rings. The summed E-state index contributed by atoms with van der Waals surface area (Å²) < 4.78 is 1.07. The molecule has 28 heavy (non-hydrogen) atoms. The number of rotatable bonds is 6. The number of anilines is 1. The summed E-state index contributed by atoms with van der Waals surface area (Å²) in [5.41, 5.74) is 3.53. The molecule has 3 rings (SSSR count). The Morgan fingerprint density at radius 1 is 1.21 bits per heavy atom. The van der Waals surface area contributed by atoms with E-state index in [-0.39, 0.29) is 11.6 Å². The lowest BCUT2D eigenvalue weighted by Gasteiger charge is -2.20. The Hall–Kier alpha value is -2.84. The van der Waals surface area contributed by atoms with Crippen molar-refractivity contribution in [2.45, 2.75) is 13.8 Å². The Morgan fingerprint density at radius 3 is 2.50 bits per heavy atom. The van der Waals surface area contributed by atoms with Crippen LogP contribution in [-0.2, 0) is 0 Å². The van der Waals surface area contributed by atoms with Crippen molar-refractivity contribution >= 4 is 38.3 Å². The number of hydrogen-bond donors (Lipinski definition) is 1. The molecule has 0 spiro atoms. The van der Waals surface area contributed by atoms with Crippen molar-refractivity contribution < 1.29 is 14.6 Å². The molecular formula is C20H23N4O3S+. The summed E-state index contributed by atoms with van der Waals surface area (Å²) in [6.07, 6.45) is 0. The average Bonchev–Trinajstić information content (AvgIpc) is 3.05. The van der Waals surface area contributed by atoms with Crippen molar-refractivity contribution in [2.24, 2.45) is 0 Å². The van der Waals surface area contributed by atoms with Gasteiger partial charge in [0.15, 0.2) is 5.13 Å². The molecule has 2 aromatic carbocycles. The van der Waals surface area contributed by atoms with E-state index in [2.05, 4.69) is 6.07 Å². The van der Waals surface area contributed by atoms with Crippen molar-refractivity contribution in [2.75, 3.05) is 32.1 Å². The Balaban J connectivity index is 1.99. The SMILES string of the molecule is Cc1cc(C)c2sc(N(CC[NH+](C)C)C(=O)c3ccc([N+](=O)[O-])cc3)nc2c1. The van der Waals surface area contributed by atoms with Gasteiger partial charge in [0.2, 0.25) is 0 Å². The highest BCUT2D eigenvalue weighted by atomic mass is 32.1. The minimum Gasteiger partial charge on any atom is -0.338 e. The number of carbonyl (C=O) groups excluding carboxylic acids is 1. The fourth-order valence-electron chi connectivity index (χ4n) is 2.98. The van der Waals surface area contributed by atoms with E-state index in [4.69, 9.17) is 4.98 Å². The lowest BCUT2D eigenvalue weighted by molar-refractivity contribution is -0.856. The summed E-state index contributed by atoms with van der Waals surface area (Å²) in [5.74, 6) is -0.204. The molecule has 0 aliphatic heterocycles. The largest absolute Gasteiger partial charge is 0.338 e. The summed E-state index contributed by atoms with van der Waals surface area (Å²) in [5, 5.41) is 11.5. The molecule has 1 N–H and O–H groups in total. The van der Waals surface area contributed by atoms with Crippen LogP contribution in [0.2, 0.25) is 0 Å². The number of aryl methyl sites for hydroxylation is 2. The number of nitrogens with zero attached hydrogens (tertiary/aromatic N) is 3. The van der Waals surface area contributed by atoms with Crippen molar-refractivity contribution in [1.29, 1.82) is 0 Å². The first-order valence-corrected chi connectivity index (χ1v) is 9.81. The van der Waals surface area contributed by atoms with Gasteiger partial charge in [-0.2, -0.15) is 0 Å². The van der Waals surface area contributed by atoms with E-state index in [9.17, 15) is 14.9 Å². The molecule has 0 aliphatic carbocycles. The van der Waals surface area contributed by atoms with Crippen LogP contribution in [0.1, 0.15) is 21.5 Å². The molecule has 0 bridgehead atoms. The molecule has 1 amide bonds. The number of amides is 1. The zero-order chi connectivity index (χ0) is 20.4. The number of hydrogen-bond acceptors (Lipinski definition) is 5. The second kappa shape index (κ2) is 8.04. The lowest BCUT2D eigenvalue weighted by Crippen LogP contribution is -3.06. The van der Waals surface area contributed by atoms with E-state index in [0.717, 1.165) is 27.9 Å². The van der Waals surface area contributed by atoms with E-state index in [0.29, 0.717) is 17.2 Å². The zero-order valence-corrected chi connectivity index (χ0v) is 17.2. The highest BCUT2D eigenvalue weighted by Gasteiger charge is 2.23. The number of carbonyl (C=O) groups is 1. The predicted octanol–water partition coefficient (Wildman–Crippen LogP) is 2.61. The van der Waals surface area contributed by atoms with Crippen LogP contribution in [0.15, 0.2) is 36.4 Å². The molecule has 0 atom stereocenters. The first kappa shape index (κ1) is 19.9. The number of aromatic nitrogens is 1. The molecule has 0 saturated heterocycles. The van der Waals surface area contributed by atoms with Crippen molar-refractivity contribution in [1.82, 2.24) is 4.98 Å². The van der Waals surface area contributed by atoms with Gasteiger partial charge in [0.25, 0.3) is 11.6 Å². The number of benzene rings is 2. The maximum Gasteiger partial charge on any atom is 0.269 e. The van der Waals surface area contributed by atoms with Gasteiger partial charge in [-0.3, -0.25) is 19.8 Å². The van der Waals surface area contributed by atoms with Crippen LogP contribution in [0.3, 0.4) is 0 Å². The van der Waals surface area contributed by atoms with Gasteiger partial charge in [-0.1, -0.05) is 17.4 Å².